The van der Waals surface area contributed by atoms with Gasteiger partial charge in [0, 0.05) is 5.69 Å². The highest BCUT2D eigenvalue weighted by Crippen LogP contribution is 2.32. The van der Waals surface area contributed by atoms with E-state index >= 15 is 0 Å². The van der Waals surface area contributed by atoms with Crippen LogP contribution in [0, 0.1) is 12.8 Å². The molecule has 106 valence electrons. The molecule has 0 spiro atoms. The van der Waals surface area contributed by atoms with Crippen molar-refractivity contribution in [1.82, 2.24) is 0 Å². The zero-order chi connectivity index (χ0) is 14.8. The second kappa shape index (κ2) is 5.94. The van der Waals surface area contributed by atoms with Gasteiger partial charge in [-0.05, 0) is 30.5 Å². The maximum Gasteiger partial charge on any atom is 0.416 e. The largest absolute Gasteiger partial charge is 0.416 e. The van der Waals surface area contributed by atoms with E-state index in [9.17, 15) is 18.0 Å². The number of hydrogen-bond acceptors (Lipinski definition) is 1. The summed E-state index contributed by atoms with van der Waals surface area (Å²) >= 11 is 3.21. The lowest BCUT2D eigenvalue weighted by molar-refractivity contribution is -0.137. The molecule has 1 amide bonds. The number of hydrogen-bond donors (Lipinski definition) is 1. The van der Waals surface area contributed by atoms with Crippen LogP contribution < -0.4 is 5.32 Å². The lowest BCUT2D eigenvalue weighted by Crippen LogP contribution is -2.27. The van der Waals surface area contributed by atoms with E-state index in [1.807, 2.05) is 13.8 Å². The molecule has 0 aromatic heterocycles. The minimum absolute atomic E-state index is 0.0473. The summed E-state index contributed by atoms with van der Waals surface area (Å²) in [7, 11) is 0. The van der Waals surface area contributed by atoms with Gasteiger partial charge in [-0.1, -0.05) is 35.8 Å². The first-order valence-corrected chi connectivity index (χ1v) is 6.67. The third-order valence-corrected chi connectivity index (χ3v) is 4.13. The molecule has 0 fully saturated rings. The smallest absolute Gasteiger partial charge is 0.325 e. The number of halogens is 4. The monoisotopic (exact) mass is 337 g/mol. The molecule has 0 aliphatic carbocycles. The predicted octanol–water partition coefficient (Wildman–Crippen LogP) is 4.37. The Labute approximate surface area is 118 Å². The molecule has 6 heteroatoms. The molecule has 0 saturated heterocycles. The van der Waals surface area contributed by atoms with Crippen molar-refractivity contribution in [3.05, 3.63) is 29.3 Å². The summed E-state index contributed by atoms with van der Waals surface area (Å²) in [4.78, 5) is 11.4. The number of nitrogens with one attached hydrogen (secondary N) is 1. The first-order valence-electron chi connectivity index (χ1n) is 5.75. The molecule has 19 heavy (non-hydrogen) atoms. The normalized spacial score (nSPS) is 13.5. The van der Waals surface area contributed by atoms with Gasteiger partial charge < -0.3 is 5.32 Å². The molecule has 1 aromatic carbocycles. The molecule has 1 unspecified atom stereocenters. The minimum atomic E-state index is -4.42. The van der Waals surface area contributed by atoms with E-state index < -0.39 is 16.6 Å². The first-order chi connectivity index (χ1) is 8.62. The number of amides is 1. The van der Waals surface area contributed by atoms with Crippen LogP contribution in [0.15, 0.2) is 18.2 Å². The van der Waals surface area contributed by atoms with Crippen LogP contribution in [0.1, 0.15) is 25.0 Å². The highest BCUT2D eigenvalue weighted by Gasteiger charge is 2.31. The van der Waals surface area contributed by atoms with Crippen LogP contribution in [0.25, 0.3) is 0 Å². The summed E-state index contributed by atoms with van der Waals surface area (Å²) in [6.07, 6.45) is -4.42. The second-order valence-corrected chi connectivity index (χ2v) is 5.65. The lowest BCUT2D eigenvalue weighted by Gasteiger charge is -2.16. The maximum absolute atomic E-state index is 12.6. The van der Waals surface area contributed by atoms with Crippen molar-refractivity contribution in [3.8, 4) is 0 Å². The van der Waals surface area contributed by atoms with Crippen LogP contribution in [0.2, 0.25) is 0 Å². The Hall–Kier alpha value is -1.04. The van der Waals surface area contributed by atoms with E-state index in [1.54, 1.807) is 6.92 Å². The number of aryl methyl sites for hydroxylation is 1. The number of benzene rings is 1. The Balaban J connectivity index is 2.98. The number of carbonyl (C=O) groups excluding carboxylic acids is 1. The summed E-state index contributed by atoms with van der Waals surface area (Å²) in [5, 5.41) is 2.52. The van der Waals surface area contributed by atoms with Gasteiger partial charge in [0.2, 0.25) is 5.91 Å². The highest BCUT2D eigenvalue weighted by molar-refractivity contribution is 9.10. The molecule has 0 radical (unpaired) electrons. The summed E-state index contributed by atoms with van der Waals surface area (Å²) in [5.41, 5.74) is -0.00111. The van der Waals surface area contributed by atoms with E-state index in [0.29, 0.717) is 5.56 Å². The van der Waals surface area contributed by atoms with E-state index in [0.717, 1.165) is 12.1 Å². The van der Waals surface area contributed by atoms with E-state index in [-0.39, 0.29) is 17.5 Å². The molecule has 2 nitrogen and oxygen atoms in total. The van der Waals surface area contributed by atoms with E-state index in [2.05, 4.69) is 21.2 Å². The fourth-order valence-electron chi connectivity index (χ4n) is 1.44. The number of carbonyl (C=O) groups is 1. The summed E-state index contributed by atoms with van der Waals surface area (Å²) in [5.74, 6) is -0.302. The van der Waals surface area contributed by atoms with Gasteiger partial charge in [0.05, 0.1) is 10.4 Å². The molecule has 0 heterocycles. The van der Waals surface area contributed by atoms with Crippen molar-refractivity contribution >= 4 is 27.5 Å². The lowest BCUT2D eigenvalue weighted by atomic mass is 10.1. The van der Waals surface area contributed by atoms with Crippen molar-refractivity contribution in [2.24, 2.45) is 5.92 Å². The van der Waals surface area contributed by atoms with Crippen LogP contribution in [0.4, 0.5) is 18.9 Å². The van der Waals surface area contributed by atoms with Gasteiger partial charge in [-0.25, -0.2) is 0 Å². The van der Waals surface area contributed by atoms with Crippen LogP contribution in [0.5, 0.6) is 0 Å². The molecule has 1 aromatic rings. The van der Waals surface area contributed by atoms with Crippen molar-refractivity contribution in [2.75, 3.05) is 5.32 Å². The summed E-state index contributed by atoms with van der Waals surface area (Å²) in [6.45, 7) is 5.34. The molecular formula is C13H15BrF3NO. The SMILES string of the molecule is Cc1ccc(C(F)(F)F)cc1NC(=O)C(Br)C(C)C. The molecule has 0 bridgehead atoms. The average Bonchev–Trinajstić information content (AvgIpc) is 2.29. The summed E-state index contributed by atoms with van der Waals surface area (Å²) < 4.78 is 37.8. The van der Waals surface area contributed by atoms with E-state index in [4.69, 9.17) is 0 Å². The Morgan fingerprint density at radius 2 is 1.89 bits per heavy atom. The van der Waals surface area contributed by atoms with Gasteiger partial charge in [-0.15, -0.1) is 0 Å². The highest BCUT2D eigenvalue weighted by atomic mass is 79.9. The van der Waals surface area contributed by atoms with Gasteiger partial charge in [0.1, 0.15) is 0 Å². The van der Waals surface area contributed by atoms with Crippen molar-refractivity contribution < 1.29 is 18.0 Å². The average molecular weight is 338 g/mol. The minimum Gasteiger partial charge on any atom is -0.325 e. The Morgan fingerprint density at radius 1 is 1.32 bits per heavy atom. The molecule has 0 aliphatic rings. The van der Waals surface area contributed by atoms with Gasteiger partial charge in [0.25, 0.3) is 0 Å². The fourth-order valence-corrected chi connectivity index (χ4v) is 1.55. The third-order valence-electron chi connectivity index (χ3n) is 2.66. The molecule has 0 saturated carbocycles. The second-order valence-electron chi connectivity index (χ2n) is 4.66. The number of alkyl halides is 4. The van der Waals surface area contributed by atoms with Gasteiger partial charge in [-0.2, -0.15) is 13.2 Å². The Bertz CT molecular complexity index is 471. The maximum atomic E-state index is 12.6. The standard InChI is InChI=1S/C13H15BrF3NO/c1-7(2)11(14)12(19)18-10-6-9(13(15,16)17)5-4-8(10)3/h4-7,11H,1-3H3,(H,18,19). The van der Waals surface area contributed by atoms with Crippen molar-refractivity contribution in [2.45, 2.75) is 31.8 Å². The van der Waals surface area contributed by atoms with Crippen LogP contribution in [-0.4, -0.2) is 10.7 Å². The zero-order valence-electron chi connectivity index (χ0n) is 10.8. The molecular weight excluding hydrogens is 323 g/mol. The number of anilines is 1. The Kier molecular flexibility index (Phi) is 5.01. The summed E-state index contributed by atoms with van der Waals surface area (Å²) in [6, 6.07) is 3.30. The predicted molar refractivity (Wildman–Crippen MR) is 72.4 cm³/mol. The van der Waals surface area contributed by atoms with Crippen molar-refractivity contribution in [1.29, 1.82) is 0 Å². The zero-order valence-corrected chi connectivity index (χ0v) is 12.4. The van der Waals surface area contributed by atoms with Crippen LogP contribution in [0.3, 0.4) is 0 Å². The topological polar surface area (TPSA) is 29.1 Å². The quantitative estimate of drug-likeness (QED) is 0.815. The van der Waals surface area contributed by atoms with Gasteiger partial charge >= 0.3 is 6.18 Å². The van der Waals surface area contributed by atoms with Crippen LogP contribution in [-0.2, 0) is 11.0 Å². The number of rotatable bonds is 3. The third kappa shape index (κ3) is 4.23. The van der Waals surface area contributed by atoms with Crippen molar-refractivity contribution in [3.63, 3.8) is 0 Å². The molecule has 0 aliphatic heterocycles. The molecule has 1 N–H and O–H groups in total. The first kappa shape index (κ1) is 16.0. The van der Waals surface area contributed by atoms with Gasteiger partial charge in [0.15, 0.2) is 0 Å². The van der Waals surface area contributed by atoms with Crippen LogP contribution >= 0.6 is 15.9 Å². The fraction of sp³-hybridized carbons (Fsp3) is 0.462. The molecule has 1 rings (SSSR count). The Morgan fingerprint density at radius 3 is 2.37 bits per heavy atom. The van der Waals surface area contributed by atoms with Gasteiger partial charge in [-0.3, -0.25) is 4.79 Å². The molecule has 1 atom stereocenters. The van der Waals surface area contributed by atoms with E-state index in [1.165, 1.54) is 6.07 Å².